The fraction of sp³-hybridized carbons (Fsp3) is 0.300. The van der Waals surface area contributed by atoms with Gasteiger partial charge < -0.3 is 4.74 Å². The molecule has 0 spiro atoms. The van der Waals surface area contributed by atoms with E-state index in [0.717, 1.165) is 11.1 Å². The average molecular weight is 364 g/mol. The highest BCUT2D eigenvalue weighted by Crippen LogP contribution is 2.38. The molecule has 0 aromatic heterocycles. The normalized spacial score (nSPS) is 21.1. The van der Waals surface area contributed by atoms with Crippen molar-refractivity contribution in [1.82, 2.24) is 0 Å². The zero-order valence-electron chi connectivity index (χ0n) is 15.4. The second-order valence-corrected chi connectivity index (χ2v) is 6.70. The highest BCUT2D eigenvalue weighted by Gasteiger charge is 2.55. The summed E-state index contributed by atoms with van der Waals surface area (Å²) in [5.74, 6) is -0.0776. The van der Waals surface area contributed by atoms with Gasteiger partial charge in [0.1, 0.15) is 11.4 Å². The molecule has 7 nitrogen and oxygen atoms in total. The Balaban J connectivity index is 1.72. The third kappa shape index (κ3) is 2.75. The smallest absolute Gasteiger partial charge is 0.263 e. The molecule has 138 valence electrons. The maximum Gasteiger partial charge on any atom is 0.263 e. The Morgan fingerprint density at radius 1 is 1.04 bits per heavy atom. The SMILES string of the molecule is CCOc1ccccc1N1N=N[C@@H]2C(=O)N(c3cc(C)cc(C)c3)C(=O)[C@@H]21. The number of hydrogen-bond acceptors (Lipinski definition) is 6. The van der Waals surface area contributed by atoms with E-state index in [2.05, 4.69) is 10.3 Å². The van der Waals surface area contributed by atoms with E-state index in [-0.39, 0.29) is 11.8 Å². The number of amides is 2. The van der Waals surface area contributed by atoms with Gasteiger partial charge in [-0.3, -0.25) is 9.59 Å². The number of carbonyl (C=O) groups excluding carboxylic acids is 2. The number of anilines is 2. The lowest BCUT2D eigenvalue weighted by molar-refractivity contribution is -0.121. The summed E-state index contributed by atoms with van der Waals surface area (Å²) in [7, 11) is 0. The van der Waals surface area contributed by atoms with Crippen LogP contribution < -0.4 is 14.6 Å². The summed E-state index contributed by atoms with van der Waals surface area (Å²) in [6, 6.07) is 11.3. The van der Waals surface area contributed by atoms with Gasteiger partial charge >= 0.3 is 0 Å². The molecule has 0 radical (unpaired) electrons. The molecule has 0 unspecified atom stereocenters. The van der Waals surface area contributed by atoms with Crippen molar-refractivity contribution in [2.75, 3.05) is 16.5 Å². The van der Waals surface area contributed by atoms with Crippen LogP contribution in [0.1, 0.15) is 18.1 Å². The highest BCUT2D eigenvalue weighted by molar-refractivity contribution is 6.26. The first kappa shape index (κ1) is 17.2. The first-order valence-electron chi connectivity index (χ1n) is 8.89. The molecule has 0 aliphatic carbocycles. The van der Waals surface area contributed by atoms with E-state index in [0.29, 0.717) is 23.7 Å². The van der Waals surface area contributed by atoms with Gasteiger partial charge in [-0.2, -0.15) is 5.11 Å². The molecule has 27 heavy (non-hydrogen) atoms. The maximum atomic E-state index is 13.2. The van der Waals surface area contributed by atoms with Crippen molar-refractivity contribution in [3.63, 3.8) is 0 Å². The zero-order valence-corrected chi connectivity index (χ0v) is 15.4. The summed E-state index contributed by atoms with van der Waals surface area (Å²) in [6.45, 7) is 6.24. The predicted octanol–water partition coefficient (Wildman–Crippen LogP) is 3.20. The molecule has 2 aliphatic heterocycles. The summed E-state index contributed by atoms with van der Waals surface area (Å²) in [4.78, 5) is 27.3. The quantitative estimate of drug-likeness (QED) is 0.781. The van der Waals surface area contributed by atoms with Gasteiger partial charge in [-0.05, 0) is 56.2 Å². The molecule has 0 N–H and O–H groups in total. The first-order chi connectivity index (χ1) is 13.0. The van der Waals surface area contributed by atoms with Gasteiger partial charge in [0, 0.05) is 0 Å². The number of hydrogen-bond donors (Lipinski definition) is 0. The summed E-state index contributed by atoms with van der Waals surface area (Å²) in [5, 5.41) is 9.70. The van der Waals surface area contributed by atoms with Gasteiger partial charge in [-0.25, -0.2) is 9.91 Å². The van der Waals surface area contributed by atoms with Crippen LogP contribution in [0.4, 0.5) is 11.4 Å². The van der Waals surface area contributed by atoms with Gasteiger partial charge in [0.2, 0.25) is 0 Å². The Bertz CT molecular complexity index is 936. The summed E-state index contributed by atoms with van der Waals surface area (Å²) in [6.07, 6.45) is 0. The maximum absolute atomic E-state index is 13.2. The number of rotatable bonds is 4. The number of ether oxygens (including phenoxy) is 1. The lowest BCUT2D eigenvalue weighted by atomic mass is 10.1. The molecule has 1 fully saturated rings. The van der Waals surface area contributed by atoms with Crippen molar-refractivity contribution in [1.29, 1.82) is 0 Å². The second kappa shape index (κ2) is 6.50. The van der Waals surface area contributed by atoms with E-state index in [1.807, 2.05) is 63.2 Å². The van der Waals surface area contributed by atoms with Crippen LogP contribution in [-0.4, -0.2) is 30.5 Å². The number of imide groups is 1. The molecule has 2 atom stereocenters. The van der Waals surface area contributed by atoms with E-state index in [1.165, 1.54) is 9.91 Å². The van der Waals surface area contributed by atoms with Crippen molar-refractivity contribution in [2.45, 2.75) is 32.9 Å². The van der Waals surface area contributed by atoms with Gasteiger partial charge in [-0.15, -0.1) is 0 Å². The Morgan fingerprint density at radius 3 is 2.44 bits per heavy atom. The van der Waals surface area contributed by atoms with E-state index in [4.69, 9.17) is 4.74 Å². The van der Waals surface area contributed by atoms with Crippen LogP contribution in [0.3, 0.4) is 0 Å². The molecular weight excluding hydrogens is 344 g/mol. The molecule has 4 rings (SSSR count). The van der Waals surface area contributed by atoms with Crippen molar-refractivity contribution in [2.24, 2.45) is 10.3 Å². The monoisotopic (exact) mass is 364 g/mol. The van der Waals surface area contributed by atoms with Crippen LogP contribution in [0.15, 0.2) is 52.8 Å². The fourth-order valence-electron chi connectivity index (χ4n) is 3.62. The molecular formula is C20H20N4O3. The fourth-order valence-corrected chi connectivity index (χ4v) is 3.62. The van der Waals surface area contributed by atoms with E-state index in [1.54, 1.807) is 0 Å². The molecule has 0 saturated carbocycles. The molecule has 2 aromatic carbocycles. The van der Waals surface area contributed by atoms with E-state index >= 15 is 0 Å². The van der Waals surface area contributed by atoms with Crippen LogP contribution in [0, 0.1) is 13.8 Å². The van der Waals surface area contributed by atoms with Gasteiger partial charge in [0.15, 0.2) is 12.1 Å². The van der Waals surface area contributed by atoms with Gasteiger partial charge in [-0.1, -0.05) is 23.4 Å². The zero-order chi connectivity index (χ0) is 19.1. The summed E-state index contributed by atoms with van der Waals surface area (Å²) >= 11 is 0. The van der Waals surface area contributed by atoms with Crippen LogP contribution in [0.5, 0.6) is 5.75 Å². The number of nitrogens with zero attached hydrogens (tertiary/aromatic N) is 4. The molecule has 2 amide bonds. The molecule has 2 aliphatic rings. The number of carbonyl (C=O) groups is 2. The lowest BCUT2D eigenvalue weighted by Crippen LogP contribution is -2.40. The van der Waals surface area contributed by atoms with Crippen LogP contribution >= 0.6 is 0 Å². The molecule has 2 heterocycles. The molecule has 0 bridgehead atoms. The minimum atomic E-state index is -0.840. The van der Waals surface area contributed by atoms with E-state index < -0.39 is 12.1 Å². The number of fused-ring (bicyclic) bond motifs is 1. The number of para-hydroxylation sites is 2. The number of aryl methyl sites for hydroxylation is 2. The van der Waals surface area contributed by atoms with Crippen molar-refractivity contribution < 1.29 is 14.3 Å². The van der Waals surface area contributed by atoms with Gasteiger partial charge in [0.25, 0.3) is 11.8 Å². The van der Waals surface area contributed by atoms with Crippen LogP contribution in [0.25, 0.3) is 0 Å². The summed E-state index contributed by atoms with van der Waals surface area (Å²) in [5.41, 5.74) is 3.18. The largest absolute Gasteiger partial charge is 0.492 e. The Kier molecular flexibility index (Phi) is 4.14. The first-order valence-corrected chi connectivity index (χ1v) is 8.89. The average Bonchev–Trinajstić information content (AvgIpc) is 3.15. The molecule has 2 aromatic rings. The van der Waals surface area contributed by atoms with Crippen LogP contribution in [-0.2, 0) is 9.59 Å². The van der Waals surface area contributed by atoms with Crippen molar-refractivity contribution in [3.05, 3.63) is 53.6 Å². The molecule has 7 heteroatoms. The van der Waals surface area contributed by atoms with Crippen molar-refractivity contribution >= 4 is 23.2 Å². The Labute approximate surface area is 157 Å². The van der Waals surface area contributed by atoms with Gasteiger partial charge in [0.05, 0.1) is 12.3 Å². The van der Waals surface area contributed by atoms with Crippen LogP contribution in [0.2, 0.25) is 0 Å². The minimum absolute atomic E-state index is 0.327. The highest BCUT2D eigenvalue weighted by atomic mass is 16.5. The Hall–Kier alpha value is -3.22. The number of benzene rings is 2. The van der Waals surface area contributed by atoms with Crippen molar-refractivity contribution in [3.8, 4) is 5.75 Å². The summed E-state index contributed by atoms with van der Waals surface area (Å²) < 4.78 is 5.65. The second-order valence-electron chi connectivity index (χ2n) is 6.70. The standard InChI is InChI=1S/C20H20N4O3/c1-4-27-16-8-6-5-7-15(16)24-18-17(21-22-24)19(25)23(20(18)26)14-10-12(2)9-13(3)11-14/h5-11,17-18H,4H2,1-3H3/t17-,18+/m0/s1. The molecule has 1 saturated heterocycles. The lowest BCUT2D eigenvalue weighted by Gasteiger charge is -2.22. The Morgan fingerprint density at radius 2 is 1.74 bits per heavy atom. The third-order valence-electron chi connectivity index (χ3n) is 4.66. The third-order valence-corrected chi connectivity index (χ3v) is 4.66. The van der Waals surface area contributed by atoms with E-state index in [9.17, 15) is 9.59 Å². The predicted molar refractivity (Wildman–Crippen MR) is 101 cm³/mol. The minimum Gasteiger partial charge on any atom is -0.492 e. The topological polar surface area (TPSA) is 74.6 Å².